The van der Waals surface area contributed by atoms with Crippen molar-refractivity contribution in [2.24, 2.45) is 0 Å². The molecule has 1 aliphatic rings. The highest BCUT2D eigenvalue weighted by Crippen LogP contribution is 2.14. The van der Waals surface area contributed by atoms with Gasteiger partial charge in [-0.25, -0.2) is 0 Å². The maximum atomic E-state index is 5.75. The first-order chi connectivity index (χ1) is 7.88. The van der Waals surface area contributed by atoms with Crippen molar-refractivity contribution in [1.29, 1.82) is 0 Å². The lowest BCUT2D eigenvalue weighted by Crippen LogP contribution is -2.28. The summed E-state index contributed by atoms with van der Waals surface area (Å²) in [5.41, 5.74) is 1.26. The first-order valence-electron chi connectivity index (χ1n) is 6.18. The van der Waals surface area contributed by atoms with E-state index >= 15 is 0 Å². The summed E-state index contributed by atoms with van der Waals surface area (Å²) >= 11 is 0. The molecule has 0 bridgehead atoms. The molecule has 1 N–H and O–H groups in total. The van der Waals surface area contributed by atoms with Crippen molar-refractivity contribution in [3.8, 4) is 5.75 Å². The maximum absolute atomic E-state index is 5.75. The van der Waals surface area contributed by atoms with E-state index in [1.165, 1.54) is 18.4 Å². The third-order valence-electron chi connectivity index (χ3n) is 2.92. The van der Waals surface area contributed by atoms with Crippen LogP contribution < -0.4 is 10.1 Å². The Bertz CT molecular complexity index is 321. The molecule has 0 saturated carbocycles. The topological polar surface area (TPSA) is 34.1 Å². The molecule has 0 aliphatic carbocycles. The van der Waals surface area contributed by atoms with E-state index in [1.54, 1.807) is 6.20 Å². The molecular formula is C13H20N2O. The van der Waals surface area contributed by atoms with Crippen molar-refractivity contribution in [3.63, 3.8) is 0 Å². The molecule has 1 fully saturated rings. The second-order valence-electron chi connectivity index (χ2n) is 4.38. The van der Waals surface area contributed by atoms with E-state index in [1.807, 2.05) is 6.20 Å². The largest absolute Gasteiger partial charge is 0.490 e. The zero-order valence-corrected chi connectivity index (χ0v) is 9.91. The molecule has 1 aromatic heterocycles. The van der Waals surface area contributed by atoms with Gasteiger partial charge in [0.25, 0.3) is 0 Å². The average molecular weight is 220 g/mol. The number of hydrogen-bond acceptors (Lipinski definition) is 3. The molecule has 0 radical (unpaired) electrons. The fraction of sp³-hybridized carbons (Fsp3) is 0.615. The number of pyridine rings is 1. The lowest BCUT2D eigenvalue weighted by atomic mass is 10.2. The zero-order chi connectivity index (χ0) is 11.2. The Morgan fingerprint density at radius 3 is 3.19 bits per heavy atom. The van der Waals surface area contributed by atoms with E-state index in [0.29, 0.717) is 6.04 Å². The van der Waals surface area contributed by atoms with Crippen LogP contribution in [0.5, 0.6) is 5.75 Å². The Morgan fingerprint density at radius 1 is 1.50 bits per heavy atom. The summed E-state index contributed by atoms with van der Waals surface area (Å²) in [5, 5.41) is 3.42. The van der Waals surface area contributed by atoms with E-state index < -0.39 is 0 Å². The quantitative estimate of drug-likeness (QED) is 0.825. The van der Waals surface area contributed by atoms with Gasteiger partial charge in [0.1, 0.15) is 12.4 Å². The Kier molecular flexibility index (Phi) is 4.17. The van der Waals surface area contributed by atoms with Gasteiger partial charge in [-0.3, -0.25) is 4.98 Å². The molecule has 2 heterocycles. The second-order valence-corrected chi connectivity index (χ2v) is 4.38. The molecule has 2 rings (SSSR count). The van der Waals surface area contributed by atoms with Gasteiger partial charge in [0.05, 0.1) is 6.20 Å². The van der Waals surface area contributed by atoms with Gasteiger partial charge in [-0.1, -0.05) is 13.3 Å². The van der Waals surface area contributed by atoms with Crippen LogP contribution in [0.4, 0.5) is 0 Å². The van der Waals surface area contributed by atoms with Crippen molar-refractivity contribution < 1.29 is 4.74 Å². The molecular weight excluding hydrogens is 200 g/mol. The Balaban J connectivity index is 1.85. The van der Waals surface area contributed by atoms with Crippen LogP contribution in [0.25, 0.3) is 0 Å². The molecule has 1 aliphatic heterocycles. The minimum absolute atomic E-state index is 0.523. The SMILES string of the molecule is CCCc1cncc(OC[C@H]2CCCN2)c1. The van der Waals surface area contributed by atoms with Gasteiger partial charge in [-0.2, -0.15) is 0 Å². The molecule has 3 nitrogen and oxygen atoms in total. The van der Waals surface area contributed by atoms with E-state index in [2.05, 4.69) is 23.3 Å². The third kappa shape index (κ3) is 3.20. The first-order valence-corrected chi connectivity index (χ1v) is 6.18. The van der Waals surface area contributed by atoms with E-state index in [9.17, 15) is 0 Å². The van der Waals surface area contributed by atoms with Gasteiger partial charge in [0, 0.05) is 12.2 Å². The van der Waals surface area contributed by atoms with Gasteiger partial charge in [-0.15, -0.1) is 0 Å². The highest BCUT2D eigenvalue weighted by Gasteiger charge is 2.14. The standard InChI is InChI=1S/C13H20N2O/c1-2-4-11-7-13(9-14-8-11)16-10-12-5-3-6-15-12/h7-9,12,15H,2-6,10H2,1H3/t12-/m1/s1. The summed E-state index contributed by atoms with van der Waals surface area (Å²) < 4.78 is 5.75. The van der Waals surface area contributed by atoms with Crippen molar-refractivity contribution in [3.05, 3.63) is 24.0 Å². The monoisotopic (exact) mass is 220 g/mol. The maximum Gasteiger partial charge on any atom is 0.137 e. The second kappa shape index (κ2) is 5.85. The van der Waals surface area contributed by atoms with Gasteiger partial charge in [0.15, 0.2) is 0 Å². The normalized spacial score (nSPS) is 19.9. The summed E-state index contributed by atoms with van der Waals surface area (Å²) in [4.78, 5) is 4.20. The molecule has 1 aromatic rings. The molecule has 88 valence electrons. The highest BCUT2D eigenvalue weighted by molar-refractivity contribution is 5.23. The number of ether oxygens (including phenoxy) is 1. The smallest absolute Gasteiger partial charge is 0.137 e. The minimum atomic E-state index is 0.523. The number of hydrogen-bond donors (Lipinski definition) is 1. The van der Waals surface area contributed by atoms with Gasteiger partial charge in [-0.05, 0) is 37.4 Å². The number of nitrogens with zero attached hydrogens (tertiary/aromatic N) is 1. The lowest BCUT2D eigenvalue weighted by molar-refractivity contribution is 0.276. The van der Waals surface area contributed by atoms with Crippen LogP contribution in [-0.2, 0) is 6.42 Å². The van der Waals surface area contributed by atoms with Crippen molar-refractivity contribution in [2.45, 2.75) is 38.6 Å². The Hall–Kier alpha value is -1.09. The van der Waals surface area contributed by atoms with Crippen LogP contribution in [0.15, 0.2) is 18.5 Å². The van der Waals surface area contributed by atoms with E-state index in [0.717, 1.165) is 31.7 Å². The van der Waals surface area contributed by atoms with Gasteiger partial charge in [0.2, 0.25) is 0 Å². The first kappa shape index (κ1) is 11.4. The van der Waals surface area contributed by atoms with Crippen LogP contribution in [0.1, 0.15) is 31.7 Å². The molecule has 0 spiro atoms. The van der Waals surface area contributed by atoms with Crippen LogP contribution in [0.3, 0.4) is 0 Å². The fourth-order valence-electron chi connectivity index (χ4n) is 2.06. The minimum Gasteiger partial charge on any atom is -0.490 e. The van der Waals surface area contributed by atoms with Crippen LogP contribution >= 0.6 is 0 Å². The zero-order valence-electron chi connectivity index (χ0n) is 9.91. The summed E-state index contributed by atoms with van der Waals surface area (Å²) in [6.07, 6.45) is 8.43. The summed E-state index contributed by atoms with van der Waals surface area (Å²) in [5.74, 6) is 0.902. The van der Waals surface area contributed by atoms with Crippen LogP contribution in [0.2, 0.25) is 0 Å². The van der Waals surface area contributed by atoms with Crippen molar-refractivity contribution >= 4 is 0 Å². The molecule has 0 unspecified atom stereocenters. The van der Waals surface area contributed by atoms with Gasteiger partial charge >= 0.3 is 0 Å². The summed E-state index contributed by atoms with van der Waals surface area (Å²) in [6.45, 7) is 4.06. The lowest BCUT2D eigenvalue weighted by Gasteiger charge is -2.12. The Labute approximate surface area is 97.2 Å². The predicted octanol–water partition coefficient (Wildman–Crippen LogP) is 2.16. The van der Waals surface area contributed by atoms with Crippen LogP contribution in [0, 0.1) is 0 Å². The van der Waals surface area contributed by atoms with E-state index in [4.69, 9.17) is 4.74 Å². The van der Waals surface area contributed by atoms with Gasteiger partial charge < -0.3 is 10.1 Å². The van der Waals surface area contributed by atoms with Crippen LogP contribution in [-0.4, -0.2) is 24.2 Å². The molecule has 0 aromatic carbocycles. The molecule has 16 heavy (non-hydrogen) atoms. The number of rotatable bonds is 5. The van der Waals surface area contributed by atoms with Crippen molar-refractivity contribution in [2.75, 3.05) is 13.2 Å². The number of nitrogens with one attached hydrogen (secondary N) is 1. The molecule has 1 saturated heterocycles. The fourth-order valence-corrected chi connectivity index (χ4v) is 2.06. The molecule has 0 amide bonds. The third-order valence-corrected chi connectivity index (χ3v) is 2.92. The molecule has 1 atom stereocenters. The predicted molar refractivity (Wildman–Crippen MR) is 64.8 cm³/mol. The number of aryl methyl sites for hydroxylation is 1. The summed E-state index contributed by atoms with van der Waals surface area (Å²) in [6, 6.07) is 2.63. The average Bonchev–Trinajstić information content (AvgIpc) is 2.80. The summed E-state index contributed by atoms with van der Waals surface area (Å²) in [7, 11) is 0. The van der Waals surface area contributed by atoms with Crippen molar-refractivity contribution in [1.82, 2.24) is 10.3 Å². The Morgan fingerprint density at radius 2 is 2.44 bits per heavy atom. The molecule has 3 heteroatoms. The highest BCUT2D eigenvalue weighted by atomic mass is 16.5. The van der Waals surface area contributed by atoms with E-state index in [-0.39, 0.29) is 0 Å². The number of aromatic nitrogens is 1.